The van der Waals surface area contributed by atoms with Crippen LogP contribution in [0.25, 0.3) is 11.3 Å². The van der Waals surface area contributed by atoms with Crippen molar-refractivity contribution in [1.29, 1.82) is 0 Å². The maximum absolute atomic E-state index is 10.7. The Kier molecular flexibility index (Phi) is 4.83. The highest BCUT2D eigenvalue weighted by Crippen LogP contribution is 2.33. The second kappa shape index (κ2) is 6.87. The van der Waals surface area contributed by atoms with E-state index in [0.29, 0.717) is 17.0 Å². The average molecular weight is 327 g/mol. The summed E-state index contributed by atoms with van der Waals surface area (Å²) in [7, 11) is 2.08. The molecule has 24 heavy (non-hydrogen) atoms. The first kappa shape index (κ1) is 16.9. The third-order valence-corrected chi connectivity index (χ3v) is 4.82. The lowest BCUT2D eigenvalue weighted by Gasteiger charge is -2.32. The van der Waals surface area contributed by atoms with Crippen molar-refractivity contribution in [2.24, 2.45) is 5.92 Å². The molecule has 0 saturated carbocycles. The predicted molar refractivity (Wildman–Crippen MR) is 93.8 cm³/mol. The van der Waals surface area contributed by atoms with Gasteiger partial charge in [-0.2, -0.15) is 5.10 Å². The molecule has 1 aliphatic rings. The van der Waals surface area contributed by atoms with Crippen molar-refractivity contribution in [3.05, 3.63) is 41.1 Å². The van der Waals surface area contributed by atoms with Gasteiger partial charge in [0.2, 0.25) is 0 Å². The molecule has 0 amide bonds. The van der Waals surface area contributed by atoms with Crippen LogP contribution >= 0.6 is 0 Å². The fourth-order valence-electron chi connectivity index (χ4n) is 3.46. The van der Waals surface area contributed by atoms with Gasteiger partial charge in [0.15, 0.2) is 0 Å². The number of aliphatic hydroxyl groups is 1. The third kappa shape index (κ3) is 3.42. The molecule has 1 aromatic carbocycles. The number of likely N-dealkylation sites (tertiary alicyclic amines) is 1. The molecule has 0 bridgehead atoms. The van der Waals surface area contributed by atoms with Gasteiger partial charge in [0.1, 0.15) is 11.9 Å². The van der Waals surface area contributed by atoms with Gasteiger partial charge in [0.05, 0.1) is 11.4 Å². The number of aliphatic hydroxyl groups excluding tert-OH is 1. The largest absolute Gasteiger partial charge is 0.507 e. The fraction of sp³-hybridized carbons (Fsp3) is 0.474. The smallest absolute Gasteiger partial charge is 0.125 e. The summed E-state index contributed by atoms with van der Waals surface area (Å²) in [4.78, 5) is 2.25. The van der Waals surface area contributed by atoms with Crippen LogP contribution in [0, 0.1) is 19.8 Å². The number of nitrogens with zero attached hydrogens (tertiary/aromatic N) is 3. The highest BCUT2D eigenvalue weighted by molar-refractivity contribution is 5.69. The van der Waals surface area contributed by atoms with Crippen molar-refractivity contribution in [3.63, 3.8) is 0 Å². The summed E-state index contributed by atoms with van der Waals surface area (Å²) < 4.78 is 0. The van der Waals surface area contributed by atoms with Crippen LogP contribution < -0.4 is 0 Å². The van der Waals surface area contributed by atoms with Gasteiger partial charge in [-0.15, -0.1) is 5.10 Å². The van der Waals surface area contributed by atoms with Crippen LogP contribution in [0.1, 0.15) is 35.8 Å². The molecular formula is C19H25N3O2. The number of phenolic OH excluding ortho intramolecular Hbond substituents is 1. The minimum atomic E-state index is -0.598. The first-order valence-electron chi connectivity index (χ1n) is 8.46. The maximum atomic E-state index is 10.7. The van der Waals surface area contributed by atoms with Gasteiger partial charge in [-0.05, 0) is 69.6 Å². The molecule has 0 spiro atoms. The molecule has 128 valence electrons. The summed E-state index contributed by atoms with van der Waals surface area (Å²) in [5, 5.41) is 29.4. The Hall–Kier alpha value is -1.98. The summed E-state index contributed by atoms with van der Waals surface area (Å²) in [6.07, 6.45) is 1.51. The predicted octanol–water partition coefficient (Wildman–Crippen LogP) is 2.84. The molecule has 5 heteroatoms. The van der Waals surface area contributed by atoms with E-state index in [2.05, 4.69) is 22.1 Å². The quantitative estimate of drug-likeness (QED) is 0.907. The second-order valence-electron chi connectivity index (χ2n) is 6.93. The highest BCUT2D eigenvalue weighted by atomic mass is 16.3. The number of piperidine rings is 1. The van der Waals surface area contributed by atoms with Crippen molar-refractivity contribution in [2.75, 3.05) is 20.1 Å². The molecular weight excluding hydrogens is 302 g/mol. The number of benzene rings is 1. The molecule has 1 aliphatic heterocycles. The van der Waals surface area contributed by atoms with Crippen LogP contribution in [0.5, 0.6) is 5.75 Å². The maximum Gasteiger partial charge on any atom is 0.125 e. The van der Waals surface area contributed by atoms with Gasteiger partial charge >= 0.3 is 0 Å². The van der Waals surface area contributed by atoms with Gasteiger partial charge in [-0.25, -0.2) is 0 Å². The van der Waals surface area contributed by atoms with E-state index in [1.165, 1.54) is 0 Å². The van der Waals surface area contributed by atoms with Crippen molar-refractivity contribution >= 4 is 0 Å². The molecule has 0 aliphatic carbocycles. The number of hydrogen-bond donors (Lipinski definition) is 2. The zero-order valence-electron chi connectivity index (χ0n) is 14.5. The lowest BCUT2D eigenvalue weighted by Crippen LogP contribution is -2.35. The van der Waals surface area contributed by atoms with Crippen LogP contribution in [-0.4, -0.2) is 45.4 Å². The molecule has 2 atom stereocenters. The Labute approximate surface area is 143 Å². The monoisotopic (exact) mass is 327 g/mol. The molecule has 1 aromatic heterocycles. The van der Waals surface area contributed by atoms with E-state index in [4.69, 9.17) is 0 Å². The summed E-state index contributed by atoms with van der Waals surface area (Å²) in [5.41, 5.74) is 3.84. The van der Waals surface area contributed by atoms with Crippen molar-refractivity contribution in [3.8, 4) is 17.0 Å². The van der Waals surface area contributed by atoms with E-state index in [-0.39, 0.29) is 11.7 Å². The van der Waals surface area contributed by atoms with Crippen molar-refractivity contribution < 1.29 is 10.2 Å². The molecule has 3 rings (SSSR count). The SMILES string of the molecule is Cc1ccc(-c2nnc([C@H](O)[C@@H]3CCCN(C)C3)cc2C)c(O)c1. The zero-order chi connectivity index (χ0) is 17.3. The van der Waals surface area contributed by atoms with Gasteiger partial charge in [-0.1, -0.05) is 6.07 Å². The fourth-order valence-corrected chi connectivity index (χ4v) is 3.46. The number of aromatic hydroxyl groups is 1. The molecule has 1 saturated heterocycles. The summed E-state index contributed by atoms with van der Waals surface area (Å²) in [5.74, 6) is 0.394. The van der Waals surface area contributed by atoms with Crippen LogP contribution in [0.2, 0.25) is 0 Å². The highest BCUT2D eigenvalue weighted by Gasteiger charge is 2.27. The number of aryl methyl sites for hydroxylation is 2. The Morgan fingerprint density at radius 1 is 1.21 bits per heavy atom. The second-order valence-corrected chi connectivity index (χ2v) is 6.93. The molecule has 2 N–H and O–H groups in total. The minimum Gasteiger partial charge on any atom is -0.507 e. The lowest BCUT2D eigenvalue weighted by atomic mass is 9.90. The molecule has 2 heterocycles. The normalized spacial score (nSPS) is 20.1. The topological polar surface area (TPSA) is 69.5 Å². The Morgan fingerprint density at radius 2 is 2.00 bits per heavy atom. The van der Waals surface area contributed by atoms with Crippen LogP contribution in [0.3, 0.4) is 0 Å². The van der Waals surface area contributed by atoms with E-state index in [9.17, 15) is 10.2 Å². The van der Waals surface area contributed by atoms with Crippen LogP contribution in [0.4, 0.5) is 0 Å². The summed E-state index contributed by atoms with van der Waals surface area (Å²) in [6.45, 7) is 5.83. The minimum absolute atomic E-state index is 0.191. The number of phenols is 1. The molecule has 5 nitrogen and oxygen atoms in total. The van der Waals surface area contributed by atoms with E-state index >= 15 is 0 Å². The van der Waals surface area contributed by atoms with Crippen LogP contribution in [0.15, 0.2) is 24.3 Å². The van der Waals surface area contributed by atoms with E-state index in [1.54, 1.807) is 6.07 Å². The molecule has 0 radical (unpaired) electrons. The number of aromatic nitrogens is 2. The van der Waals surface area contributed by atoms with Gasteiger partial charge in [-0.3, -0.25) is 0 Å². The van der Waals surface area contributed by atoms with Crippen LogP contribution in [-0.2, 0) is 0 Å². The third-order valence-electron chi connectivity index (χ3n) is 4.82. The standard InChI is InChI=1S/C19H25N3O2/c1-12-6-7-15(17(23)9-12)18-13(2)10-16(20-21-18)19(24)14-5-4-8-22(3)11-14/h6-7,9-10,14,19,23-24H,4-5,8,11H2,1-3H3/t14-,19-/m1/s1. The molecule has 0 unspecified atom stereocenters. The zero-order valence-corrected chi connectivity index (χ0v) is 14.5. The Bertz CT molecular complexity index is 733. The molecule has 2 aromatic rings. The number of hydrogen-bond acceptors (Lipinski definition) is 5. The van der Waals surface area contributed by atoms with Crippen molar-refractivity contribution in [2.45, 2.75) is 32.8 Å². The van der Waals surface area contributed by atoms with E-state index in [1.807, 2.05) is 32.0 Å². The lowest BCUT2D eigenvalue weighted by molar-refractivity contribution is 0.0556. The van der Waals surface area contributed by atoms with E-state index in [0.717, 1.165) is 37.1 Å². The summed E-state index contributed by atoms with van der Waals surface area (Å²) in [6, 6.07) is 7.41. The Balaban J connectivity index is 1.86. The molecule has 1 fully saturated rings. The summed E-state index contributed by atoms with van der Waals surface area (Å²) >= 11 is 0. The van der Waals surface area contributed by atoms with Crippen molar-refractivity contribution in [1.82, 2.24) is 15.1 Å². The first-order valence-corrected chi connectivity index (χ1v) is 8.46. The van der Waals surface area contributed by atoms with E-state index < -0.39 is 6.10 Å². The Morgan fingerprint density at radius 3 is 2.67 bits per heavy atom. The van der Waals surface area contributed by atoms with Gasteiger partial charge < -0.3 is 15.1 Å². The first-order chi connectivity index (χ1) is 11.5. The van der Waals surface area contributed by atoms with Gasteiger partial charge in [0.25, 0.3) is 0 Å². The van der Waals surface area contributed by atoms with Gasteiger partial charge in [0, 0.05) is 18.0 Å². The number of rotatable bonds is 3. The average Bonchev–Trinajstić information content (AvgIpc) is 2.55.